The number of hydrogen-bond acceptors (Lipinski definition) is 3. The summed E-state index contributed by atoms with van der Waals surface area (Å²) in [6.07, 6.45) is 0. The summed E-state index contributed by atoms with van der Waals surface area (Å²) in [6.45, 7) is 3.33. The number of carbonyl (C=O) groups is 1. The number of carboxylic acid groups (broad SMARTS) is 1. The Labute approximate surface area is 99.5 Å². The number of benzene rings is 1. The molecule has 4 nitrogen and oxygen atoms in total. The number of carboxylic acids is 1. The largest absolute Gasteiger partial charge is 0.481 e. The number of rotatable bonds is 2. The van der Waals surface area contributed by atoms with Gasteiger partial charge >= 0.3 is 5.97 Å². The predicted octanol–water partition coefficient (Wildman–Crippen LogP) is 1.84. The van der Waals surface area contributed by atoms with Crippen LogP contribution < -0.4 is 0 Å². The molecule has 0 bridgehead atoms. The van der Waals surface area contributed by atoms with Crippen molar-refractivity contribution in [1.82, 2.24) is 0 Å². The lowest BCUT2D eigenvalue weighted by Crippen LogP contribution is -2.10. The first-order valence-electron chi connectivity index (χ1n) is 5.13. The van der Waals surface area contributed by atoms with Crippen LogP contribution in [-0.4, -0.2) is 19.5 Å². The van der Waals surface area contributed by atoms with Crippen LogP contribution >= 0.6 is 0 Å². The number of hydrogen-bond donors (Lipinski definition) is 1. The zero-order chi connectivity index (χ0) is 12.8. The zero-order valence-corrected chi connectivity index (χ0v) is 10.3. The van der Waals surface area contributed by atoms with Crippen LogP contribution in [0.15, 0.2) is 28.5 Å². The lowest BCUT2D eigenvalue weighted by atomic mass is 9.95. The van der Waals surface area contributed by atoms with Crippen LogP contribution in [0.5, 0.6) is 0 Å². The Morgan fingerprint density at radius 3 is 2.59 bits per heavy atom. The van der Waals surface area contributed by atoms with E-state index in [1.54, 1.807) is 12.1 Å². The van der Waals surface area contributed by atoms with E-state index in [1.807, 2.05) is 6.92 Å². The number of fused-ring (bicyclic) bond motifs is 1. The summed E-state index contributed by atoms with van der Waals surface area (Å²) in [5.41, 5.74) is 1.78. The molecule has 1 heterocycles. The minimum absolute atomic E-state index is 0.200. The molecule has 1 atom stereocenters. The Kier molecular flexibility index (Phi) is 2.58. The fraction of sp³-hybridized carbons (Fsp3) is 0.250. The van der Waals surface area contributed by atoms with E-state index in [0.29, 0.717) is 11.1 Å². The molecule has 0 aliphatic carbocycles. The topological polar surface area (TPSA) is 71.4 Å². The van der Waals surface area contributed by atoms with Crippen molar-refractivity contribution in [2.75, 3.05) is 0 Å². The number of aryl methyl sites for hydroxylation is 1. The van der Waals surface area contributed by atoms with Crippen molar-refractivity contribution in [2.24, 2.45) is 5.92 Å². The molecule has 1 aliphatic rings. The van der Waals surface area contributed by atoms with Crippen LogP contribution in [0.4, 0.5) is 0 Å². The maximum Gasteiger partial charge on any atom is 0.310 e. The highest BCUT2D eigenvalue weighted by Crippen LogP contribution is 2.38. The normalized spacial score (nSPS) is 18.4. The molecule has 0 radical (unpaired) electrons. The average molecular weight is 252 g/mol. The molecule has 0 saturated heterocycles. The Morgan fingerprint density at radius 1 is 1.35 bits per heavy atom. The van der Waals surface area contributed by atoms with E-state index in [-0.39, 0.29) is 4.90 Å². The Balaban J connectivity index is 2.67. The van der Waals surface area contributed by atoms with Gasteiger partial charge in [-0.3, -0.25) is 4.79 Å². The second-order valence-corrected chi connectivity index (χ2v) is 5.94. The van der Waals surface area contributed by atoms with Gasteiger partial charge in [0, 0.05) is 5.41 Å². The molecule has 1 aromatic carbocycles. The summed E-state index contributed by atoms with van der Waals surface area (Å²) in [5.74, 6) is -1.85. The SMILES string of the molecule is Cc1ccc2c(c1)C(C(C)C(=O)O)=CS2(=O)=O. The van der Waals surface area contributed by atoms with Gasteiger partial charge in [0.2, 0.25) is 9.84 Å². The molecule has 1 aromatic rings. The van der Waals surface area contributed by atoms with Crippen molar-refractivity contribution >= 4 is 21.4 Å². The second-order valence-electron chi connectivity index (χ2n) is 4.18. The fourth-order valence-electron chi connectivity index (χ4n) is 1.88. The van der Waals surface area contributed by atoms with E-state index in [0.717, 1.165) is 11.0 Å². The van der Waals surface area contributed by atoms with Gasteiger partial charge in [0.25, 0.3) is 0 Å². The van der Waals surface area contributed by atoms with Crippen LogP contribution in [0.3, 0.4) is 0 Å². The van der Waals surface area contributed by atoms with Crippen LogP contribution in [0, 0.1) is 12.8 Å². The molecule has 90 valence electrons. The molecule has 0 spiro atoms. The van der Waals surface area contributed by atoms with Crippen LogP contribution in [0.1, 0.15) is 18.1 Å². The first-order valence-corrected chi connectivity index (χ1v) is 6.68. The second kappa shape index (κ2) is 3.70. The van der Waals surface area contributed by atoms with Gasteiger partial charge in [0.15, 0.2) is 0 Å². The molecular formula is C12H12O4S. The van der Waals surface area contributed by atoms with Gasteiger partial charge in [0.05, 0.1) is 10.8 Å². The predicted molar refractivity (Wildman–Crippen MR) is 63.1 cm³/mol. The molecular weight excluding hydrogens is 240 g/mol. The standard InChI is InChI=1S/C12H12O4S/c1-7-3-4-11-9(5-7)10(6-17(11,15)16)8(2)12(13)14/h3-6,8H,1-2H3,(H,13,14). The minimum atomic E-state index is -3.48. The van der Waals surface area contributed by atoms with E-state index < -0.39 is 21.7 Å². The van der Waals surface area contributed by atoms with Gasteiger partial charge in [-0.1, -0.05) is 17.7 Å². The highest BCUT2D eigenvalue weighted by Gasteiger charge is 2.31. The van der Waals surface area contributed by atoms with E-state index in [1.165, 1.54) is 13.0 Å². The first-order chi connectivity index (χ1) is 7.83. The summed E-state index contributed by atoms with van der Waals surface area (Å²) in [5, 5.41) is 10.0. The Hall–Kier alpha value is -1.62. The van der Waals surface area contributed by atoms with E-state index >= 15 is 0 Å². The van der Waals surface area contributed by atoms with Gasteiger partial charge in [-0.25, -0.2) is 8.42 Å². The van der Waals surface area contributed by atoms with Crippen molar-refractivity contribution in [3.05, 3.63) is 34.7 Å². The molecule has 2 rings (SSSR count). The Bertz CT molecular complexity index is 626. The maximum atomic E-state index is 11.8. The number of aliphatic carboxylic acids is 1. The van der Waals surface area contributed by atoms with Crippen LogP contribution in [0.2, 0.25) is 0 Å². The number of sulfone groups is 1. The van der Waals surface area contributed by atoms with Crippen molar-refractivity contribution in [3.63, 3.8) is 0 Å². The zero-order valence-electron chi connectivity index (χ0n) is 9.47. The summed E-state index contributed by atoms with van der Waals surface area (Å²) in [6, 6.07) is 4.95. The van der Waals surface area contributed by atoms with E-state index in [4.69, 9.17) is 5.11 Å². The molecule has 17 heavy (non-hydrogen) atoms. The smallest absolute Gasteiger partial charge is 0.310 e. The molecule has 5 heteroatoms. The third kappa shape index (κ3) is 1.86. The molecule has 0 aromatic heterocycles. The molecule has 1 aliphatic heterocycles. The van der Waals surface area contributed by atoms with Gasteiger partial charge in [-0.2, -0.15) is 0 Å². The fourth-order valence-corrected chi connectivity index (χ4v) is 3.41. The van der Waals surface area contributed by atoms with Crippen LogP contribution in [-0.2, 0) is 14.6 Å². The monoisotopic (exact) mass is 252 g/mol. The summed E-state index contributed by atoms with van der Waals surface area (Å²) in [4.78, 5) is 11.2. The van der Waals surface area contributed by atoms with Crippen molar-refractivity contribution in [3.8, 4) is 0 Å². The van der Waals surface area contributed by atoms with Gasteiger partial charge in [-0.05, 0) is 31.1 Å². The summed E-state index contributed by atoms with van der Waals surface area (Å²) in [7, 11) is -3.48. The van der Waals surface area contributed by atoms with Crippen molar-refractivity contribution in [1.29, 1.82) is 0 Å². The average Bonchev–Trinajstić information content (AvgIpc) is 2.49. The highest BCUT2D eigenvalue weighted by molar-refractivity contribution is 7.95. The molecule has 1 unspecified atom stereocenters. The van der Waals surface area contributed by atoms with Gasteiger partial charge < -0.3 is 5.11 Å². The van der Waals surface area contributed by atoms with Crippen molar-refractivity contribution < 1.29 is 18.3 Å². The van der Waals surface area contributed by atoms with Gasteiger partial charge in [-0.15, -0.1) is 0 Å². The molecule has 0 amide bonds. The Morgan fingerprint density at radius 2 is 2.00 bits per heavy atom. The lowest BCUT2D eigenvalue weighted by Gasteiger charge is -2.09. The third-order valence-electron chi connectivity index (χ3n) is 2.87. The minimum Gasteiger partial charge on any atom is -0.481 e. The van der Waals surface area contributed by atoms with Crippen LogP contribution in [0.25, 0.3) is 5.57 Å². The lowest BCUT2D eigenvalue weighted by molar-refractivity contribution is -0.139. The maximum absolute atomic E-state index is 11.8. The van der Waals surface area contributed by atoms with E-state index in [9.17, 15) is 13.2 Å². The van der Waals surface area contributed by atoms with Crippen molar-refractivity contribution in [2.45, 2.75) is 18.7 Å². The molecule has 0 fully saturated rings. The third-order valence-corrected chi connectivity index (χ3v) is 4.40. The highest BCUT2D eigenvalue weighted by atomic mass is 32.2. The quantitative estimate of drug-likeness (QED) is 0.871. The summed E-state index contributed by atoms with van der Waals surface area (Å²) >= 11 is 0. The molecule has 0 saturated carbocycles. The van der Waals surface area contributed by atoms with Gasteiger partial charge in [0.1, 0.15) is 0 Å². The first kappa shape index (κ1) is 11.9. The summed E-state index contributed by atoms with van der Waals surface area (Å²) < 4.78 is 23.7. The van der Waals surface area contributed by atoms with E-state index in [2.05, 4.69) is 0 Å². The molecule has 1 N–H and O–H groups in total.